The van der Waals surface area contributed by atoms with Crippen LogP contribution in [0.25, 0.3) is 0 Å². The molecule has 2 aromatic rings. The molecule has 0 amide bonds. The fourth-order valence-corrected chi connectivity index (χ4v) is 112. The maximum absolute atomic E-state index is 5.25. The van der Waals surface area contributed by atoms with E-state index in [-0.39, 0.29) is 5.16 Å². The van der Waals surface area contributed by atoms with Crippen molar-refractivity contribution in [2.75, 3.05) is 0 Å². The predicted octanol–water partition coefficient (Wildman–Crippen LogP) is 8.58. The molecule has 4 bridgehead atoms. The molecule has 7 heteroatoms. The van der Waals surface area contributed by atoms with E-state index in [2.05, 4.69) is 42.4 Å². The molecule has 14 fully saturated rings. The van der Waals surface area contributed by atoms with Crippen LogP contribution in [0.15, 0.2) is 37.2 Å². The molecule has 41 heavy (non-hydrogen) atoms. The normalized spacial score (nSPS) is 73.4. The number of fused-ring (bicyclic) bond motifs is 10. The molecule has 10 saturated heterocycles. The average Bonchev–Trinajstić information content (AvgIpc) is 3.89. The van der Waals surface area contributed by atoms with Crippen LogP contribution in [-0.2, 0) is 11.7 Å². The summed E-state index contributed by atoms with van der Waals surface area (Å²) >= 11 is 0. The number of hydrogen-bond acceptors (Lipinski definition) is 4. The summed E-state index contributed by atoms with van der Waals surface area (Å²) < 4.78 is 1.21. The second kappa shape index (κ2) is 3.29. The second-order valence-electron chi connectivity index (χ2n) is 20.9. The molecule has 2 aromatic heterocycles. The van der Waals surface area contributed by atoms with Crippen molar-refractivity contribution < 1.29 is 6.51 Å². The summed E-state index contributed by atoms with van der Waals surface area (Å²) in [5.41, 5.74) is 4.07. The van der Waals surface area contributed by atoms with Crippen molar-refractivity contribution in [3.05, 3.63) is 48.6 Å². The molecule has 1 spiro atoms. The van der Waals surface area contributed by atoms with Crippen molar-refractivity contribution in [2.24, 2.45) is 23.2 Å². The van der Waals surface area contributed by atoms with E-state index in [0.717, 1.165) is 36.8 Å². The number of rotatable bonds is 6. The van der Waals surface area contributed by atoms with Gasteiger partial charge in [0.1, 0.15) is 0 Å². The Balaban J connectivity index is 1.09. The third-order valence-corrected chi connectivity index (χ3v) is 70.2. The van der Waals surface area contributed by atoms with Crippen LogP contribution in [0.3, 0.4) is 0 Å². The van der Waals surface area contributed by atoms with Gasteiger partial charge in [-0.05, 0) is 0 Å². The van der Waals surface area contributed by atoms with Crippen molar-refractivity contribution in [2.45, 2.75) is 122 Å². The molecule has 10 aliphatic heterocycles. The van der Waals surface area contributed by atoms with Gasteiger partial charge in [0, 0.05) is 0 Å². The summed E-state index contributed by atoms with van der Waals surface area (Å²) in [5, 5.41) is 0.224. The summed E-state index contributed by atoms with van der Waals surface area (Å²) in [6.45, 7) is 3.83. The minimum atomic E-state index is -4.04. The van der Waals surface area contributed by atoms with Crippen LogP contribution in [0.5, 0.6) is 0 Å². The van der Waals surface area contributed by atoms with Gasteiger partial charge < -0.3 is 0 Å². The van der Waals surface area contributed by atoms with E-state index < -0.39 is 6.51 Å². The van der Waals surface area contributed by atoms with Gasteiger partial charge in [0.2, 0.25) is 0 Å². The van der Waals surface area contributed by atoms with E-state index in [1.54, 1.807) is 38.5 Å². The molecule has 8 unspecified atom stereocenters. The van der Waals surface area contributed by atoms with Gasteiger partial charge in [-0.1, -0.05) is 0 Å². The van der Waals surface area contributed by atoms with E-state index in [0.29, 0.717) is 19.2 Å². The zero-order chi connectivity index (χ0) is 26.9. The minimum absolute atomic E-state index is 0.192. The van der Waals surface area contributed by atoms with E-state index in [1.807, 2.05) is 24.8 Å². The van der Waals surface area contributed by atoms with Gasteiger partial charge in [0.05, 0.1) is 0 Å². The molecule has 4 saturated carbocycles. The first-order valence-electron chi connectivity index (χ1n) is 16.8. The van der Waals surface area contributed by atoms with Crippen molar-refractivity contribution in [1.82, 2.24) is 19.9 Å². The summed E-state index contributed by atoms with van der Waals surface area (Å²) in [6.07, 6.45) is 21.5. The fraction of sp³-hybridized carbons (Fsp3) is 0.765. The number of hydrogen-bond donors (Lipinski definition) is 0. The Hall–Kier alpha value is -0.461. The third-order valence-electron chi connectivity index (χ3n) is 23.2. The molecular formula is C34H42FeN4P2. The fourth-order valence-electron chi connectivity index (χ4n) is 25.9. The Labute approximate surface area is 237 Å². The Morgan fingerprint density at radius 1 is 0.780 bits per heavy atom. The molecule has 12 heterocycles. The van der Waals surface area contributed by atoms with Gasteiger partial charge in [-0.25, -0.2) is 0 Å². The molecular weight excluding hydrogens is 582 g/mol. The first-order chi connectivity index (χ1) is 19.5. The van der Waals surface area contributed by atoms with Crippen molar-refractivity contribution in [3.8, 4) is 0 Å². The third kappa shape index (κ3) is 0.589. The monoisotopic (exact) mass is 624 g/mol. The van der Waals surface area contributed by atoms with Gasteiger partial charge in [0.25, 0.3) is 0 Å². The molecule has 216 valence electrons. The molecule has 4 aliphatic carbocycles. The first kappa shape index (κ1) is 21.3. The van der Waals surface area contributed by atoms with Crippen LogP contribution in [0.1, 0.15) is 70.7 Å². The number of nitrogens with zero attached hydrogens (tertiary/aromatic N) is 4. The van der Waals surface area contributed by atoms with E-state index in [4.69, 9.17) is 19.9 Å². The van der Waals surface area contributed by atoms with E-state index in [1.165, 1.54) is 45.1 Å². The standard InChI is InChI=1S/C29H37N4P2.C5H5.Fe/c1-27(2,3)35-26(28-14-19-11-20(15-28)13-21(12-19)16-28)22-5-4-6-23(22)29(34,24-17-30-7-9-32-24)25-18-31-8-10-33-25;1-2-4-5-3-1;/h4-10,17-21,26,35H,11-16,34H2,1-3H3;1-5H;. The molecule has 0 aromatic carbocycles. The van der Waals surface area contributed by atoms with Crippen LogP contribution in [0, 0.1) is 23.2 Å². The Morgan fingerprint density at radius 2 is 1.29 bits per heavy atom. The molecule has 0 radical (unpaired) electrons. The van der Waals surface area contributed by atoms with E-state index >= 15 is 0 Å². The van der Waals surface area contributed by atoms with Crippen molar-refractivity contribution in [1.29, 1.82) is 0 Å². The average molecular weight is 625 g/mol. The summed E-state index contributed by atoms with van der Waals surface area (Å²) in [4.78, 5) is 29.9. The SMILES string of the molecule is CC(C)(C)PC(C12CC3CC(CC(C3)C1)C2)[C]12[CH]3[CH]4[CH]5[C]1(C(P)(c1cnccn1)c1cnccn1)[Fe]43521678[CH]2[CH]1[CH]6[CH]7[CH]28. The van der Waals surface area contributed by atoms with Crippen LogP contribution in [-0.4, -0.2) is 30.8 Å². The zero-order valence-electron chi connectivity index (χ0n) is 24.4. The summed E-state index contributed by atoms with van der Waals surface area (Å²) in [5.74, 6) is 3.12. The Kier molecular flexibility index (Phi) is 1.71. The van der Waals surface area contributed by atoms with Gasteiger partial charge in [0.15, 0.2) is 0 Å². The molecule has 0 N–H and O–H groups in total. The maximum atomic E-state index is 5.25. The quantitative estimate of drug-likeness (QED) is 0.239. The van der Waals surface area contributed by atoms with E-state index in [9.17, 15) is 0 Å². The number of aromatic nitrogens is 4. The Bertz CT molecular complexity index is 1990. The topological polar surface area (TPSA) is 51.6 Å². The molecule has 14 aliphatic rings. The zero-order valence-corrected chi connectivity index (χ0v) is 27.6. The molecule has 4 nitrogen and oxygen atoms in total. The van der Waals surface area contributed by atoms with Gasteiger partial charge in [-0.3, -0.25) is 0 Å². The van der Waals surface area contributed by atoms with Crippen LogP contribution >= 0.6 is 17.8 Å². The molecule has 8 atom stereocenters. The summed E-state index contributed by atoms with van der Waals surface area (Å²) in [6, 6.07) is 0. The predicted molar refractivity (Wildman–Crippen MR) is 162 cm³/mol. The van der Waals surface area contributed by atoms with Gasteiger partial charge in [-0.15, -0.1) is 0 Å². The van der Waals surface area contributed by atoms with Crippen LogP contribution in [0.4, 0.5) is 0 Å². The second-order valence-corrected chi connectivity index (χ2v) is 47.4. The van der Waals surface area contributed by atoms with Crippen LogP contribution < -0.4 is 0 Å². The summed E-state index contributed by atoms with van der Waals surface area (Å²) in [7, 11) is 4.75. The van der Waals surface area contributed by atoms with Gasteiger partial charge in [-0.2, -0.15) is 0 Å². The van der Waals surface area contributed by atoms with Crippen LogP contribution in [0.2, 0.25) is 47.2 Å². The van der Waals surface area contributed by atoms with Crippen molar-refractivity contribution >= 4 is 17.8 Å². The van der Waals surface area contributed by atoms with Crippen molar-refractivity contribution in [3.63, 3.8) is 0 Å². The Morgan fingerprint density at radius 3 is 1.68 bits per heavy atom. The molecule has 16 rings (SSSR count). The first-order valence-corrected chi connectivity index (χ1v) is 24.6. The van der Waals surface area contributed by atoms with Gasteiger partial charge >= 0.3 is 238 Å².